The Morgan fingerprint density at radius 1 is 1.17 bits per heavy atom. The van der Waals surface area contributed by atoms with Crippen molar-refractivity contribution in [2.75, 3.05) is 0 Å². The zero-order chi connectivity index (χ0) is 9.56. The van der Waals surface area contributed by atoms with Crippen LogP contribution in [0.5, 0.6) is 0 Å². The van der Waals surface area contributed by atoms with Gasteiger partial charge in [0, 0.05) is 0 Å². The Hall–Kier alpha value is -0.780. The standard InChI is InChI=1S/C12H20/c1-6-9-11(5)12(8-3)10(4)7-2/h6,9H,1,7-8H2,2-5H3. The lowest BCUT2D eigenvalue weighted by atomic mass is 9.98. The van der Waals surface area contributed by atoms with Crippen LogP contribution in [0.25, 0.3) is 0 Å². The summed E-state index contributed by atoms with van der Waals surface area (Å²) in [5.74, 6) is 0. The van der Waals surface area contributed by atoms with E-state index in [0.717, 1.165) is 12.8 Å². The average Bonchev–Trinajstić information content (AvgIpc) is 2.06. The molecule has 0 atom stereocenters. The largest absolute Gasteiger partial charge is 0.0991 e. The van der Waals surface area contributed by atoms with Gasteiger partial charge in [0.1, 0.15) is 0 Å². The minimum atomic E-state index is 1.12. The highest BCUT2D eigenvalue weighted by Gasteiger charge is 1.99. The van der Waals surface area contributed by atoms with Crippen molar-refractivity contribution in [3.05, 3.63) is 35.5 Å². The molecule has 0 aliphatic rings. The van der Waals surface area contributed by atoms with Gasteiger partial charge in [0.2, 0.25) is 0 Å². The van der Waals surface area contributed by atoms with Crippen LogP contribution < -0.4 is 0 Å². The van der Waals surface area contributed by atoms with Crippen molar-refractivity contribution < 1.29 is 0 Å². The second-order valence-corrected chi connectivity index (χ2v) is 3.05. The van der Waals surface area contributed by atoms with E-state index in [1.807, 2.05) is 6.08 Å². The Bertz CT molecular complexity index is 199. The SMILES string of the molecule is C=CC=C(C)C(CC)=C(C)CC. The lowest BCUT2D eigenvalue weighted by molar-refractivity contribution is 0.992. The summed E-state index contributed by atoms with van der Waals surface area (Å²) in [6, 6.07) is 0. The predicted molar refractivity (Wildman–Crippen MR) is 57.2 cm³/mol. The maximum absolute atomic E-state index is 3.70. The fraction of sp³-hybridized carbons (Fsp3) is 0.500. The van der Waals surface area contributed by atoms with Crippen molar-refractivity contribution in [1.82, 2.24) is 0 Å². The molecule has 12 heavy (non-hydrogen) atoms. The van der Waals surface area contributed by atoms with Gasteiger partial charge in [-0.15, -0.1) is 0 Å². The second kappa shape index (κ2) is 5.82. The number of rotatable bonds is 4. The van der Waals surface area contributed by atoms with Gasteiger partial charge in [-0.25, -0.2) is 0 Å². The van der Waals surface area contributed by atoms with Crippen molar-refractivity contribution in [2.45, 2.75) is 40.5 Å². The minimum Gasteiger partial charge on any atom is -0.0991 e. The van der Waals surface area contributed by atoms with Crippen LogP contribution in [0.2, 0.25) is 0 Å². The third-order valence-corrected chi connectivity index (χ3v) is 2.24. The van der Waals surface area contributed by atoms with Gasteiger partial charge in [0.15, 0.2) is 0 Å². The maximum Gasteiger partial charge on any atom is -0.0305 e. The van der Waals surface area contributed by atoms with E-state index in [1.54, 1.807) is 0 Å². The summed E-state index contributed by atoms with van der Waals surface area (Å²) in [6.07, 6.45) is 6.20. The van der Waals surface area contributed by atoms with Crippen molar-refractivity contribution in [2.24, 2.45) is 0 Å². The highest BCUT2D eigenvalue weighted by molar-refractivity contribution is 5.34. The first kappa shape index (κ1) is 11.2. The minimum absolute atomic E-state index is 1.12. The van der Waals surface area contributed by atoms with E-state index in [9.17, 15) is 0 Å². The van der Waals surface area contributed by atoms with Crippen LogP contribution in [0.15, 0.2) is 35.5 Å². The Morgan fingerprint density at radius 3 is 2.08 bits per heavy atom. The normalized spacial score (nSPS) is 14.2. The smallest absolute Gasteiger partial charge is 0.0305 e. The van der Waals surface area contributed by atoms with Gasteiger partial charge in [0.05, 0.1) is 0 Å². The molecular formula is C12H20. The monoisotopic (exact) mass is 164 g/mol. The first-order chi connectivity index (χ1) is 5.67. The summed E-state index contributed by atoms with van der Waals surface area (Å²) in [5.41, 5.74) is 4.33. The van der Waals surface area contributed by atoms with Crippen molar-refractivity contribution in [3.8, 4) is 0 Å². The van der Waals surface area contributed by atoms with Gasteiger partial charge in [-0.3, -0.25) is 0 Å². The fourth-order valence-electron chi connectivity index (χ4n) is 1.41. The zero-order valence-electron chi connectivity index (χ0n) is 8.78. The van der Waals surface area contributed by atoms with E-state index in [2.05, 4.69) is 40.3 Å². The van der Waals surface area contributed by atoms with Crippen LogP contribution in [-0.4, -0.2) is 0 Å². The molecule has 0 heteroatoms. The van der Waals surface area contributed by atoms with Gasteiger partial charge in [-0.2, -0.15) is 0 Å². The van der Waals surface area contributed by atoms with Crippen molar-refractivity contribution in [3.63, 3.8) is 0 Å². The molecule has 0 saturated carbocycles. The maximum atomic E-state index is 3.70. The van der Waals surface area contributed by atoms with Gasteiger partial charge >= 0.3 is 0 Å². The molecule has 0 aliphatic heterocycles. The zero-order valence-corrected chi connectivity index (χ0v) is 8.78. The third-order valence-electron chi connectivity index (χ3n) is 2.24. The molecule has 0 saturated heterocycles. The third kappa shape index (κ3) is 3.08. The summed E-state index contributed by atoms with van der Waals surface area (Å²) in [6.45, 7) is 12.5. The molecule has 0 amide bonds. The van der Waals surface area contributed by atoms with E-state index in [0.29, 0.717) is 0 Å². The predicted octanol–water partition coefficient (Wildman–Crippen LogP) is 4.26. The Kier molecular flexibility index (Phi) is 5.44. The molecular weight excluding hydrogens is 144 g/mol. The molecule has 0 aromatic rings. The topological polar surface area (TPSA) is 0 Å². The molecule has 0 aromatic carbocycles. The van der Waals surface area contributed by atoms with Crippen LogP contribution in [-0.2, 0) is 0 Å². The molecule has 0 N–H and O–H groups in total. The second-order valence-electron chi connectivity index (χ2n) is 3.05. The quantitative estimate of drug-likeness (QED) is 0.545. The number of allylic oxidation sites excluding steroid dienone is 5. The highest BCUT2D eigenvalue weighted by atomic mass is 14.1. The highest BCUT2D eigenvalue weighted by Crippen LogP contribution is 2.19. The summed E-state index contributed by atoms with van der Waals surface area (Å²) < 4.78 is 0. The Morgan fingerprint density at radius 2 is 1.75 bits per heavy atom. The average molecular weight is 164 g/mol. The van der Waals surface area contributed by atoms with Gasteiger partial charge in [-0.1, -0.05) is 38.2 Å². The van der Waals surface area contributed by atoms with E-state index in [-0.39, 0.29) is 0 Å². The van der Waals surface area contributed by atoms with E-state index in [1.165, 1.54) is 16.7 Å². The van der Waals surface area contributed by atoms with Crippen LogP contribution in [0.3, 0.4) is 0 Å². The molecule has 0 nitrogen and oxygen atoms in total. The fourth-order valence-corrected chi connectivity index (χ4v) is 1.41. The van der Waals surface area contributed by atoms with Gasteiger partial charge < -0.3 is 0 Å². The molecule has 0 radical (unpaired) electrons. The molecule has 0 heterocycles. The van der Waals surface area contributed by atoms with Crippen LogP contribution in [0.1, 0.15) is 40.5 Å². The van der Waals surface area contributed by atoms with Gasteiger partial charge in [-0.05, 0) is 37.8 Å². The Labute approximate surface area is 76.7 Å². The van der Waals surface area contributed by atoms with E-state index in [4.69, 9.17) is 0 Å². The van der Waals surface area contributed by atoms with E-state index >= 15 is 0 Å². The molecule has 0 bridgehead atoms. The molecule has 0 aromatic heterocycles. The molecule has 0 spiro atoms. The summed E-state index contributed by atoms with van der Waals surface area (Å²) in [7, 11) is 0. The van der Waals surface area contributed by atoms with Crippen molar-refractivity contribution in [1.29, 1.82) is 0 Å². The van der Waals surface area contributed by atoms with Gasteiger partial charge in [0.25, 0.3) is 0 Å². The molecule has 0 rings (SSSR count). The number of hydrogen-bond donors (Lipinski definition) is 0. The summed E-state index contributed by atoms with van der Waals surface area (Å²) in [4.78, 5) is 0. The summed E-state index contributed by atoms with van der Waals surface area (Å²) in [5, 5.41) is 0. The number of hydrogen-bond acceptors (Lipinski definition) is 0. The van der Waals surface area contributed by atoms with Crippen LogP contribution >= 0.6 is 0 Å². The van der Waals surface area contributed by atoms with Crippen molar-refractivity contribution >= 4 is 0 Å². The molecule has 0 unspecified atom stereocenters. The molecule has 0 fully saturated rings. The van der Waals surface area contributed by atoms with E-state index < -0.39 is 0 Å². The van der Waals surface area contributed by atoms with Crippen LogP contribution in [0, 0.1) is 0 Å². The Balaban J connectivity index is 4.78. The summed E-state index contributed by atoms with van der Waals surface area (Å²) >= 11 is 0. The lowest BCUT2D eigenvalue weighted by Crippen LogP contribution is -1.88. The molecule has 68 valence electrons. The first-order valence-corrected chi connectivity index (χ1v) is 4.65. The van der Waals surface area contributed by atoms with Crippen LogP contribution in [0.4, 0.5) is 0 Å². The first-order valence-electron chi connectivity index (χ1n) is 4.65. The lowest BCUT2D eigenvalue weighted by Gasteiger charge is -2.08. The molecule has 0 aliphatic carbocycles.